The quantitative estimate of drug-likeness (QED) is 0.546. The molecule has 1 heterocycles. The zero-order valence-electron chi connectivity index (χ0n) is 15.0. The molecule has 0 N–H and O–H groups in total. The van der Waals surface area contributed by atoms with Crippen molar-refractivity contribution in [2.75, 3.05) is 42.2 Å². The Hall–Kier alpha value is -3.21. The van der Waals surface area contributed by atoms with Crippen LogP contribution in [0.4, 0.5) is 22.7 Å². The third-order valence-electron chi connectivity index (χ3n) is 4.59. The molecule has 0 radical (unpaired) electrons. The summed E-state index contributed by atoms with van der Waals surface area (Å²) in [6.45, 7) is 1.80. The van der Waals surface area contributed by atoms with Gasteiger partial charge in [0.15, 0.2) is 9.84 Å². The summed E-state index contributed by atoms with van der Waals surface area (Å²) >= 11 is 0. The molecule has 1 aliphatic rings. The highest BCUT2D eigenvalue weighted by Crippen LogP contribution is 2.35. The van der Waals surface area contributed by atoms with Gasteiger partial charge in [0.05, 0.1) is 9.85 Å². The molecule has 0 atom stereocenters. The first kappa shape index (κ1) is 19.5. The fourth-order valence-corrected chi connectivity index (χ4v) is 4.11. The van der Waals surface area contributed by atoms with Gasteiger partial charge in [0, 0.05) is 50.3 Å². The molecule has 2 aromatic rings. The number of hydrogen-bond acceptors (Lipinski definition) is 8. The van der Waals surface area contributed by atoms with Gasteiger partial charge in [0.2, 0.25) is 0 Å². The van der Waals surface area contributed by atoms with E-state index in [4.69, 9.17) is 0 Å². The van der Waals surface area contributed by atoms with Crippen LogP contribution in [0.5, 0.6) is 0 Å². The normalized spacial score (nSPS) is 14.8. The Morgan fingerprint density at radius 1 is 0.893 bits per heavy atom. The van der Waals surface area contributed by atoms with Gasteiger partial charge in [-0.25, -0.2) is 8.42 Å². The Morgan fingerprint density at radius 2 is 1.50 bits per heavy atom. The second-order valence-electron chi connectivity index (χ2n) is 6.40. The summed E-state index contributed by atoms with van der Waals surface area (Å²) in [5, 5.41) is 22.5. The molecule has 0 saturated carbocycles. The summed E-state index contributed by atoms with van der Waals surface area (Å²) in [5.74, 6) is 0. The second kappa shape index (κ2) is 7.43. The molecule has 0 aliphatic carbocycles. The maximum Gasteiger partial charge on any atom is 0.311 e. The first-order valence-electron chi connectivity index (χ1n) is 8.40. The fraction of sp³-hybridized carbons (Fsp3) is 0.294. The van der Waals surface area contributed by atoms with E-state index in [0.29, 0.717) is 31.9 Å². The van der Waals surface area contributed by atoms with Crippen LogP contribution in [0.2, 0.25) is 0 Å². The Balaban J connectivity index is 1.85. The molecular weight excluding hydrogens is 388 g/mol. The van der Waals surface area contributed by atoms with Crippen LogP contribution < -0.4 is 9.80 Å². The van der Waals surface area contributed by atoms with Crippen LogP contribution in [0, 0.1) is 20.2 Å². The van der Waals surface area contributed by atoms with E-state index in [-0.39, 0.29) is 16.3 Å². The predicted molar refractivity (Wildman–Crippen MR) is 104 cm³/mol. The third kappa shape index (κ3) is 3.88. The van der Waals surface area contributed by atoms with Gasteiger partial charge >= 0.3 is 5.69 Å². The van der Waals surface area contributed by atoms with E-state index in [0.717, 1.165) is 6.26 Å². The van der Waals surface area contributed by atoms with Crippen molar-refractivity contribution in [2.45, 2.75) is 4.90 Å². The van der Waals surface area contributed by atoms with Gasteiger partial charge in [0.1, 0.15) is 10.6 Å². The number of benzene rings is 2. The smallest absolute Gasteiger partial charge is 0.311 e. The molecule has 0 aromatic heterocycles. The number of sulfone groups is 1. The molecule has 148 valence electrons. The van der Waals surface area contributed by atoms with Crippen molar-refractivity contribution in [1.82, 2.24) is 0 Å². The van der Waals surface area contributed by atoms with Crippen LogP contribution >= 0.6 is 0 Å². The van der Waals surface area contributed by atoms with E-state index in [1.165, 1.54) is 30.3 Å². The van der Waals surface area contributed by atoms with Crippen molar-refractivity contribution in [2.24, 2.45) is 0 Å². The lowest BCUT2D eigenvalue weighted by molar-refractivity contribution is -0.387. The van der Waals surface area contributed by atoms with Gasteiger partial charge < -0.3 is 9.80 Å². The highest BCUT2D eigenvalue weighted by Gasteiger charge is 2.30. The standard InChI is InChI=1S/C17H18N4O6S/c1-28(26,27)16-7-3-6-15(17(16)21(24)25)19-10-8-18(9-11-19)13-4-2-5-14(12-13)20(22)23/h2-7,12H,8-11H2,1H3. The zero-order chi connectivity index (χ0) is 20.5. The Morgan fingerprint density at radius 3 is 2.07 bits per heavy atom. The molecule has 1 aliphatic heterocycles. The van der Waals surface area contributed by atoms with E-state index in [2.05, 4.69) is 0 Å². The summed E-state index contributed by atoms with van der Waals surface area (Å²) in [4.78, 5) is 24.8. The van der Waals surface area contributed by atoms with Gasteiger partial charge in [-0.2, -0.15) is 0 Å². The summed E-state index contributed by atoms with van der Waals surface area (Å²) in [6, 6.07) is 10.6. The molecule has 3 rings (SSSR count). The minimum Gasteiger partial charge on any atom is -0.368 e. The molecular formula is C17H18N4O6S. The van der Waals surface area contributed by atoms with Crippen LogP contribution in [0.25, 0.3) is 0 Å². The molecule has 10 nitrogen and oxygen atoms in total. The van der Waals surface area contributed by atoms with E-state index in [1.807, 2.05) is 4.90 Å². The summed E-state index contributed by atoms with van der Waals surface area (Å²) in [6.07, 6.45) is 0.944. The first-order valence-corrected chi connectivity index (χ1v) is 10.3. The molecule has 0 spiro atoms. The largest absolute Gasteiger partial charge is 0.368 e. The number of non-ortho nitro benzene ring substituents is 1. The summed E-state index contributed by atoms with van der Waals surface area (Å²) < 4.78 is 23.9. The average Bonchev–Trinajstić information content (AvgIpc) is 2.67. The number of rotatable bonds is 5. The number of nitro benzene ring substituents is 2. The molecule has 2 aromatic carbocycles. The van der Waals surface area contributed by atoms with Gasteiger partial charge in [0.25, 0.3) is 5.69 Å². The number of piperazine rings is 1. The van der Waals surface area contributed by atoms with Crippen LogP contribution in [-0.4, -0.2) is 50.7 Å². The SMILES string of the molecule is CS(=O)(=O)c1cccc(N2CCN(c3cccc([N+](=O)[O-])c3)CC2)c1[N+](=O)[O-]. The maximum absolute atomic E-state index is 11.9. The van der Waals surface area contributed by atoms with Crippen LogP contribution in [-0.2, 0) is 9.84 Å². The lowest BCUT2D eigenvalue weighted by atomic mass is 10.2. The summed E-state index contributed by atoms with van der Waals surface area (Å²) in [5.41, 5.74) is 0.532. The number of anilines is 2. The van der Waals surface area contributed by atoms with E-state index in [1.54, 1.807) is 17.0 Å². The highest BCUT2D eigenvalue weighted by molar-refractivity contribution is 7.90. The molecule has 0 unspecified atom stereocenters. The molecule has 0 amide bonds. The number of para-hydroxylation sites is 1. The Labute approximate surface area is 161 Å². The van der Waals surface area contributed by atoms with Crippen LogP contribution in [0.3, 0.4) is 0 Å². The van der Waals surface area contributed by atoms with Crippen molar-refractivity contribution in [3.8, 4) is 0 Å². The lowest BCUT2D eigenvalue weighted by Gasteiger charge is -2.37. The van der Waals surface area contributed by atoms with Crippen molar-refractivity contribution in [1.29, 1.82) is 0 Å². The van der Waals surface area contributed by atoms with Crippen molar-refractivity contribution < 1.29 is 18.3 Å². The van der Waals surface area contributed by atoms with Gasteiger partial charge in [-0.15, -0.1) is 0 Å². The highest BCUT2D eigenvalue weighted by atomic mass is 32.2. The number of nitro groups is 2. The van der Waals surface area contributed by atoms with Crippen molar-refractivity contribution in [3.05, 3.63) is 62.7 Å². The fourth-order valence-electron chi connectivity index (χ4n) is 3.26. The van der Waals surface area contributed by atoms with E-state index < -0.39 is 25.4 Å². The molecule has 1 fully saturated rings. The third-order valence-corrected chi connectivity index (χ3v) is 5.71. The molecule has 11 heteroatoms. The number of hydrogen-bond donors (Lipinski definition) is 0. The van der Waals surface area contributed by atoms with E-state index in [9.17, 15) is 28.6 Å². The van der Waals surface area contributed by atoms with Gasteiger partial charge in [-0.05, 0) is 18.2 Å². The van der Waals surface area contributed by atoms with Crippen molar-refractivity contribution >= 4 is 32.6 Å². The molecule has 0 bridgehead atoms. The van der Waals surface area contributed by atoms with Crippen molar-refractivity contribution in [3.63, 3.8) is 0 Å². The second-order valence-corrected chi connectivity index (χ2v) is 8.39. The minimum absolute atomic E-state index is 0.00331. The lowest BCUT2D eigenvalue weighted by Crippen LogP contribution is -2.46. The monoisotopic (exact) mass is 406 g/mol. The minimum atomic E-state index is -3.75. The topological polar surface area (TPSA) is 127 Å². The van der Waals surface area contributed by atoms with Gasteiger partial charge in [-0.3, -0.25) is 20.2 Å². The molecule has 28 heavy (non-hydrogen) atoms. The van der Waals surface area contributed by atoms with Gasteiger partial charge in [-0.1, -0.05) is 12.1 Å². The van der Waals surface area contributed by atoms with Crippen LogP contribution in [0.1, 0.15) is 0 Å². The predicted octanol–water partition coefficient (Wildman–Crippen LogP) is 2.23. The Bertz CT molecular complexity index is 1030. The first-order chi connectivity index (χ1) is 13.2. The van der Waals surface area contributed by atoms with E-state index >= 15 is 0 Å². The Kier molecular flexibility index (Phi) is 5.18. The van der Waals surface area contributed by atoms with Crippen LogP contribution in [0.15, 0.2) is 47.4 Å². The summed E-state index contributed by atoms with van der Waals surface area (Å²) in [7, 11) is -3.75. The zero-order valence-corrected chi connectivity index (χ0v) is 15.8. The maximum atomic E-state index is 11.9. The molecule has 1 saturated heterocycles. The number of nitrogens with zero attached hydrogens (tertiary/aromatic N) is 4. The average molecular weight is 406 g/mol.